The Morgan fingerprint density at radius 1 is 1.19 bits per heavy atom. The topological polar surface area (TPSA) is 66.5 Å². The van der Waals surface area contributed by atoms with Crippen molar-refractivity contribution in [3.8, 4) is 0 Å². The molecule has 6 heteroatoms. The molecule has 1 amide bonds. The van der Waals surface area contributed by atoms with Crippen LogP contribution in [0.1, 0.15) is 33.3 Å². The summed E-state index contributed by atoms with van der Waals surface area (Å²) in [5.74, 6) is -0.325. The average Bonchev–Trinajstić information content (AvgIpc) is 2.27. The molecule has 0 saturated heterocycles. The summed E-state index contributed by atoms with van der Waals surface area (Å²) in [4.78, 5) is 12.3. The van der Waals surface area contributed by atoms with E-state index in [9.17, 15) is 13.2 Å². The number of hydrogen-bond acceptors (Lipinski definition) is 3. The number of sulfonamides is 1. The third kappa shape index (κ3) is 5.04. The molecule has 5 nitrogen and oxygen atoms in total. The van der Waals surface area contributed by atoms with Gasteiger partial charge in [0.25, 0.3) is 0 Å². The van der Waals surface area contributed by atoms with Crippen LogP contribution in [0, 0.1) is 6.92 Å². The van der Waals surface area contributed by atoms with Crippen LogP contribution in [0.15, 0.2) is 24.3 Å². The predicted molar refractivity (Wildman–Crippen MR) is 85.9 cm³/mol. The van der Waals surface area contributed by atoms with Crippen molar-refractivity contribution in [1.29, 1.82) is 0 Å². The smallest absolute Gasteiger partial charge is 0.244 e. The van der Waals surface area contributed by atoms with Gasteiger partial charge < -0.3 is 5.32 Å². The highest BCUT2D eigenvalue weighted by Crippen LogP contribution is 2.21. The first-order chi connectivity index (χ1) is 9.42. The molecule has 0 spiro atoms. The first-order valence-corrected chi connectivity index (χ1v) is 8.65. The van der Waals surface area contributed by atoms with Gasteiger partial charge in [-0.15, -0.1) is 0 Å². The van der Waals surface area contributed by atoms with E-state index >= 15 is 0 Å². The zero-order valence-corrected chi connectivity index (χ0v) is 14.3. The number of carbonyl (C=O) groups excluding carboxylic acids is 1. The summed E-state index contributed by atoms with van der Waals surface area (Å²) in [5, 5.41) is 2.81. The maximum Gasteiger partial charge on any atom is 0.244 e. The second-order valence-corrected chi connectivity index (χ2v) is 8.17. The highest BCUT2D eigenvalue weighted by Gasteiger charge is 2.30. The third-order valence-electron chi connectivity index (χ3n) is 2.88. The number of nitrogens with one attached hydrogen (secondary N) is 1. The molecule has 1 aromatic carbocycles. The van der Waals surface area contributed by atoms with Crippen molar-refractivity contribution in [2.75, 3.05) is 10.6 Å². The lowest BCUT2D eigenvalue weighted by molar-refractivity contribution is -0.123. The Hall–Kier alpha value is -1.56. The summed E-state index contributed by atoms with van der Waals surface area (Å²) in [6.45, 7) is 9.07. The fourth-order valence-electron chi connectivity index (χ4n) is 1.97. The second-order valence-electron chi connectivity index (χ2n) is 6.31. The van der Waals surface area contributed by atoms with Gasteiger partial charge in [-0.05, 0) is 46.8 Å². The number of aryl methyl sites for hydroxylation is 1. The minimum absolute atomic E-state index is 0.325. The molecule has 0 fully saturated rings. The van der Waals surface area contributed by atoms with Crippen LogP contribution >= 0.6 is 0 Å². The molecule has 0 aliphatic carbocycles. The largest absolute Gasteiger partial charge is 0.350 e. The van der Waals surface area contributed by atoms with Crippen molar-refractivity contribution in [1.82, 2.24) is 5.32 Å². The normalized spacial score (nSPS) is 13.6. The van der Waals surface area contributed by atoms with Crippen LogP contribution in [0.3, 0.4) is 0 Å². The van der Waals surface area contributed by atoms with Gasteiger partial charge in [0, 0.05) is 5.54 Å². The van der Waals surface area contributed by atoms with E-state index in [1.165, 1.54) is 0 Å². The van der Waals surface area contributed by atoms with Crippen LogP contribution in [0.4, 0.5) is 5.69 Å². The summed E-state index contributed by atoms with van der Waals surface area (Å²) in [7, 11) is -3.56. The van der Waals surface area contributed by atoms with Crippen molar-refractivity contribution in [2.45, 2.75) is 46.2 Å². The maximum atomic E-state index is 12.3. The van der Waals surface area contributed by atoms with Gasteiger partial charge in [0.05, 0.1) is 11.9 Å². The molecule has 1 rings (SSSR count). The summed E-state index contributed by atoms with van der Waals surface area (Å²) in [6.07, 6.45) is 1.10. The molecule has 1 aromatic rings. The Balaban J connectivity index is 3.15. The first kappa shape index (κ1) is 17.5. The molecule has 0 aliphatic rings. The molecule has 21 heavy (non-hydrogen) atoms. The minimum atomic E-state index is -3.56. The van der Waals surface area contributed by atoms with Gasteiger partial charge in [-0.2, -0.15) is 0 Å². The SMILES string of the molecule is Cc1ccc(N(C(C)C(=O)NC(C)(C)C)S(C)(=O)=O)cc1. The lowest BCUT2D eigenvalue weighted by Crippen LogP contribution is -2.52. The molecular weight excluding hydrogens is 288 g/mol. The van der Waals surface area contributed by atoms with Crippen LogP contribution in [-0.2, 0) is 14.8 Å². The number of amides is 1. The van der Waals surface area contributed by atoms with Gasteiger partial charge in [-0.1, -0.05) is 17.7 Å². The van der Waals surface area contributed by atoms with E-state index in [1.54, 1.807) is 19.1 Å². The van der Waals surface area contributed by atoms with E-state index in [1.807, 2.05) is 39.8 Å². The fraction of sp³-hybridized carbons (Fsp3) is 0.533. The van der Waals surface area contributed by atoms with Crippen LogP contribution < -0.4 is 9.62 Å². The zero-order chi connectivity index (χ0) is 16.4. The molecule has 0 aliphatic heterocycles. The molecule has 0 heterocycles. The lowest BCUT2D eigenvalue weighted by atomic mass is 10.1. The Morgan fingerprint density at radius 3 is 2.05 bits per heavy atom. The highest BCUT2D eigenvalue weighted by atomic mass is 32.2. The molecule has 1 unspecified atom stereocenters. The Labute approximate surface area is 127 Å². The van der Waals surface area contributed by atoms with E-state index < -0.39 is 21.6 Å². The molecule has 118 valence electrons. The Kier molecular flexibility index (Phi) is 5.04. The summed E-state index contributed by atoms with van der Waals surface area (Å²) in [6, 6.07) is 6.24. The quantitative estimate of drug-likeness (QED) is 0.925. The Morgan fingerprint density at radius 2 is 1.67 bits per heavy atom. The number of hydrogen-bond donors (Lipinski definition) is 1. The van der Waals surface area contributed by atoms with Crippen molar-refractivity contribution in [3.05, 3.63) is 29.8 Å². The summed E-state index contributed by atoms with van der Waals surface area (Å²) in [5.41, 5.74) is 1.10. The van der Waals surface area contributed by atoms with E-state index in [0.29, 0.717) is 5.69 Å². The van der Waals surface area contributed by atoms with Gasteiger partial charge in [-0.25, -0.2) is 8.42 Å². The standard InChI is InChI=1S/C15H24N2O3S/c1-11-7-9-13(10-8-11)17(21(6,19)20)12(2)14(18)16-15(3,4)5/h7-10,12H,1-6H3,(H,16,18). The van der Waals surface area contributed by atoms with Crippen LogP contribution in [-0.4, -0.2) is 32.2 Å². The van der Waals surface area contributed by atoms with Gasteiger partial charge >= 0.3 is 0 Å². The van der Waals surface area contributed by atoms with Gasteiger partial charge in [0.15, 0.2) is 0 Å². The summed E-state index contributed by atoms with van der Waals surface area (Å²) >= 11 is 0. The third-order valence-corrected chi connectivity index (χ3v) is 4.12. The molecule has 0 bridgehead atoms. The molecule has 0 radical (unpaired) electrons. The average molecular weight is 312 g/mol. The number of anilines is 1. The van der Waals surface area contributed by atoms with Crippen molar-refractivity contribution in [3.63, 3.8) is 0 Å². The van der Waals surface area contributed by atoms with Gasteiger partial charge in [0.1, 0.15) is 6.04 Å². The fourth-order valence-corrected chi connectivity index (χ4v) is 3.15. The van der Waals surface area contributed by atoms with E-state index in [-0.39, 0.29) is 5.91 Å². The number of benzene rings is 1. The molecule has 1 atom stereocenters. The van der Waals surface area contributed by atoms with Crippen molar-refractivity contribution >= 4 is 21.6 Å². The molecule has 0 aromatic heterocycles. The van der Waals surface area contributed by atoms with Crippen LogP contribution in [0.5, 0.6) is 0 Å². The second kappa shape index (κ2) is 6.05. The number of rotatable bonds is 4. The maximum absolute atomic E-state index is 12.3. The predicted octanol–water partition coefficient (Wildman–Crippen LogP) is 2.06. The molecule has 1 N–H and O–H groups in total. The molecular formula is C15H24N2O3S. The van der Waals surface area contributed by atoms with E-state index in [2.05, 4.69) is 5.32 Å². The first-order valence-electron chi connectivity index (χ1n) is 6.80. The van der Waals surface area contributed by atoms with Crippen LogP contribution in [0.25, 0.3) is 0 Å². The van der Waals surface area contributed by atoms with E-state index in [0.717, 1.165) is 16.1 Å². The van der Waals surface area contributed by atoms with Crippen molar-refractivity contribution in [2.24, 2.45) is 0 Å². The summed E-state index contributed by atoms with van der Waals surface area (Å²) < 4.78 is 25.3. The molecule has 0 saturated carbocycles. The van der Waals surface area contributed by atoms with Gasteiger partial charge in [-0.3, -0.25) is 9.10 Å². The number of nitrogens with zero attached hydrogens (tertiary/aromatic N) is 1. The van der Waals surface area contributed by atoms with Gasteiger partial charge in [0.2, 0.25) is 15.9 Å². The number of carbonyl (C=O) groups is 1. The highest BCUT2D eigenvalue weighted by molar-refractivity contribution is 7.92. The monoisotopic (exact) mass is 312 g/mol. The lowest BCUT2D eigenvalue weighted by Gasteiger charge is -2.31. The minimum Gasteiger partial charge on any atom is -0.350 e. The Bertz CT molecular complexity index is 601. The zero-order valence-electron chi connectivity index (χ0n) is 13.5. The van der Waals surface area contributed by atoms with Crippen LogP contribution in [0.2, 0.25) is 0 Å². The van der Waals surface area contributed by atoms with E-state index in [4.69, 9.17) is 0 Å². The van der Waals surface area contributed by atoms with Crippen molar-refractivity contribution < 1.29 is 13.2 Å².